The summed E-state index contributed by atoms with van der Waals surface area (Å²) < 4.78 is 22.1. The normalized spacial score (nSPS) is 13.7. The minimum Gasteiger partial charge on any atom is -0.444 e. The van der Waals surface area contributed by atoms with Crippen molar-refractivity contribution in [3.8, 4) is 22.8 Å². The van der Waals surface area contributed by atoms with Crippen LogP contribution < -0.4 is 0 Å². The summed E-state index contributed by atoms with van der Waals surface area (Å²) in [6, 6.07) is 13.3. The average Bonchev–Trinajstić information content (AvgIpc) is 3.30. The Morgan fingerprint density at radius 3 is 2.70 bits per heavy atom. The Labute approximate surface area is 178 Å². The van der Waals surface area contributed by atoms with E-state index in [4.69, 9.17) is 4.42 Å². The van der Waals surface area contributed by atoms with Crippen molar-refractivity contribution in [3.63, 3.8) is 0 Å². The Morgan fingerprint density at radius 2 is 1.93 bits per heavy atom. The lowest BCUT2D eigenvalue weighted by Gasteiger charge is -2.08. The molecular weight excluding hydrogens is 399 g/mol. The monoisotopic (exact) mass is 420 g/mol. The number of oxazole rings is 1. The molecule has 4 aromatic rings. The molecule has 0 aliphatic heterocycles. The summed E-state index contributed by atoms with van der Waals surface area (Å²) >= 11 is 1.55. The number of aromatic nitrogens is 4. The lowest BCUT2D eigenvalue weighted by atomic mass is 10.1. The second-order valence-electron chi connectivity index (χ2n) is 7.64. The number of hydrogen-bond donors (Lipinski definition) is 0. The van der Waals surface area contributed by atoms with Crippen molar-refractivity contribution in [2.24, 2.45) is 0 Å². The van der Waals surface area contributed by atoms with Gasteiger partial charge in [-0.25, -0.2) is 9.37 Å². The van der Waals surface area contributed by atoms with Gasteiger partial charge in [-0.1, -0.05) is 41.6 Å². The van der Waals surface area contributed by atoms with Gasteiger partial charge in [-0.15, -0.1) is 10.2 Å². The van der Waals surface area contributed by atoms with Gasteiger partial charge in [0.2, 0.25) is 5.89 Å². The molecule has 152 valence electrons. The molecular formula is C23H21FN4OS. The van der Waals surface area contributed by atoms with Gasteiger partial charge in [0.1, 0.15) is 12.1 Å². The van der Waals surface area contributed by atoms with Crippen molar-refractivity contribution in [1.29, 1.82) is 0 Å². The van der Waals surface area contributed by atoms with Gasteiger partial charge >= 0.3 is 0 Å². The van der Waals surface area contributed by atoms with Gasteiger partial charge in [0.25, 0.3) is 0 Å². The zero-order valence-corrected chi connectivity index (χ0v) is 17.6. The minimum absolute atomic E-state index is 0.280. The van der Waals surface area contributed by atoms with Gasteiger partial charge in [0.05, 0.1) is 11.3 Å². The van der Waals surface area contributed by atoms with Crippen LogP contribution >= 0.6 is 11.8 Å². The van der Waals surface area contributed by atoms with Crippen LogP contribution in [0.15, 0.2) is 58.3 Å². The van der Waals surface area contributed by atoms with Gasteiger partial charge in [-0.3, -0.25) is 4.57 Å². The van der Waals surface area contributed by atoms with Crippen LogP contribution in [0.5, 0.6) is 0 Å². The maximum atomic E-state index is 14.3. The van der Waals surface area contributed by atoms with Crippen LogP contribution in [0.3, 0.4) is 0 Å². The first kappa shape index (κ1) is 19.1. The number of hydrogen-bond acceptors (Lipinski definition) is 5. The van der Waals surface area contributed by atoms with Crippen LogP contribution in [0.25, 0.3) is 22.8 Å². The zero-order chi connectivity index (χ0) is 20.7. The quantitative estimate of drug-likeness (QED) is 0.359. The molecule has 0 saturated heterocycles. The molecule has 0 radical (unpaired) electrons. The van der Waals surface area contributed by atoms with Gasteiger partial charge in [-0.2, -0.15) is 0 Å². The standard InChI is InChI=1S/C23H21FN4OS/c1-14-7-10-18(15(2)11-14)22-25-16(12-29-22)13-30-23-27-26-21(28(23)17-8-9-17)19-5-3-4-6-20(19)24/h3-7,10-12,17H,8-9,13H2,1-2H3. The van der Waals surface area contributed by atoms with Gasteiger partial charge < -0.3 is 4.42 Å². The third-order valence-electron chi connectivity index (χ3n) is 5.20. The van der Waals surface area contributed by atoms with E-state index in [2.05, 4.69) is 45.7 Å². The van der Waals surface area contributed by atoms with Crippen molar-refractivity contribution in [1.82, 2.24) is 19.7 Å². The van der Waals surface area contributed by atoms with Gasteiger partial charge in [0.15, 0.2) is 11.0 Å². The molecule has 2 heterocycles. The Hall–Kier alpha value is -2.93. The molecule has 0 unspecified atom stereocenters. The number of halogens is 1. The van der Waals surface area contributed by atoms with E-state index in [1.165, 1.54) is 11.6 Å². The summed E-state index contributed by atoms with van der Waals surface area (Å²) in [5.74, 6) is 1.54. The first-order valence-corrected chi connectivity index (χ1v) is 10.9. The highest BCUT2D eigenvalue weighted by atomic mass is 32.2. The van der Waals surface area contributed by atoms with E-state index in [1.807, 2.05) is 12.1 Å². The first-order valence-electron chi connectivity index (χ1n) is 9.95. The average molecular weight is 421 g/mol. The van der Waals surface area contributed by atoms with E-state index in [9.17, 15) is 4.39 Å². The number of aryl methyl sites for hydroxylation is 2. The number of thioether (sulfide) groups is 1. The predicted octanol–water partition coefficient (Wildman–Crippen LogP) is 5.98. The van der Waals surface area contributed by atoms with Gasteiger partial charge in [0, 0.05) is 17.4 Å². The molecule has 5 rings (SSSR count). The Morgan fingerprint density at radius 1 is 1.10 bits per heavy atom. The SMILES string of the molecule is Cc1ccc(-c2nc(CSc3nnc(-c4ccccc4F)n3C3CC3)co2)c(C)c1. The van der Waals surface area contributed by atoms with Crippen molar-refractivity contribution >= 4 is 11.8 Å². The smallest absolute Gasteiger partial charge is 0.226 e. The molecule has 1 aliphatic carbocycles. The second-order valence-corrected chi connectivity index (χ2v) is 8.58. The summed E-state index contributed by atoms with van der Waals surface area (Å²) in [6.07, 6.45) is 3.82. The fraction of sp³-hybridized carbons (Fsp3) is 0.261. The van der Waals surface area contributed by atoms with Crippen LogP contribution in [0.4, 0.5) is 4.39 Å². The summed E-state index contributed by atoms with van der Waals surface area (Å²) in [5, 5.41) is 9.44. The summed E-state index contributed by atoms with van der Waals surface area (Å²) in [5.41, 5.74) is 4.68. The molecule has 0 amide bonds. The van der Waals surface area contributed by atoms with E-state index >= 15 is 0 Å². The van der Waals surface area contributed by atoms with E-state index in [0.29, 0.717) is 29.1 Å². The summed E-state index contributed by atoms with van der Waals surface area (Å²) in [4.78, 5) is 4.65. The van der Waals surface area contributed by atoms with Crippen LogP contribution in [0.1, 0.15) is 35.7 Å². The number of rotatable bonds is 6. The maximum Gasteiger partial charge on any atom is 0.226 e. The summed E-state index contributed by atoms with van der Waals surface area (Å²) in [6.45, 7) is 4.13. The van der Waals surface area contributed by atoms with Crippen molar-refractivity contribution < 1.29 is 8.81 Å². The highest BCUT2D eigenvalue weighted by Crippen LogP contribution is 2.42. The third kappa shape index (κ3) is 3.65. The van der Waals surface area contributed by atoms with E-state index in [-0.39, 0.29) is 5.82 Å². The Bertz CT molecular complexity index is 1210. The van der Waals surface area contributed by atoms with Gasteiger partial charge in [-0.05, 0) is 50.5 Å². The molecule has 0 N–H and O–H groups in total. The van der Waals surface area contributed by atoms with E-state index < -0.39 is 0 Å². The lowest BCUT2D eigenvalue weighted by Crippen LogP contribution is -2.01. The van der Waals surface area contributed by atoms with Crippen molar-refractivity contribution in [2.45, 2.75) is 43.6 Å². The second kappa shape index (κ2) is 7.72. The molecule has 0 bridgehead atoms. The van der Waals surface area contributed by atoms with Crippen LogP contribution in [0.2, 0.25) is 0 Å². The largest absolute Gasteiger partial charge is 0.444 e. The number of benzene rings is 2. The molecule has 1 fully saturated rings. The fourth-order valence-electron chi connectivity index (χ4n) is 3.55. The molecule has 5 nitrogen and oxygen atoms in total. The third-order valence-corrected chi connectivity index (χ3v) is 6.18. The lowest BCUT2D eigenvalue weighted by molar-refractivity contribution is 0.573. The zero-order valence-electron chi connectivity index (χ0n) is 16.8. The Balaban J connectivity index is 1.38. The van der Waals surface area contributed by atoms with Crippen molar-refractivity contribution in [3.05, 3.63) is 71.4 Å². The topological polar surface area (TPSA) is 56.7 Å². The molecule has 1 aliphatic rings. The minimum atomic E-state index is -0.280. The molecule has 1 saturated carbocycles. The van der Waals surface area contributed by atoms with E-state index in [0.717, 1.165) is 34.8 Å². The van der Waals surface area contributed by atoms with Crippen LogP contribution in [0, 0.1) is 19.7 Å². The highest BCUT2D eigenvalue weighted by Gasteiger charge is 2.31. The number of nitrogens with zero attached hydrogens (tertiary/aromatic N) is 4. The fourth-order valence-corrected chi connectivity index (χ4v) is 4.44. The predicted molar refractivity (Wildman–Crippen MR) is 115 cm³/mol. The molecule has 0 spiro atoms. The molecule has 0 atom stereocenters. The molecule has 7 heteroatoms. The van der Waals surface area contributed by atoms with Crippen LogP contribution in [-0.2, 0) is 5.75 Å². The Kier molecular flexibility index (Phi) is 4.90. The first-order chi connectivity index (χ1) is 14.6. The van der Waals surface area contributed by atoms with Crippen molar-refractivity contribution in [2.75, 3.05) is 0 Å². The molecule has 30 heavy (non-hydrogen) atoms. The maximum absolute atomic E-state index is 14.3. The van der Waals surface area contributed by atoms with E-state index in [1.54, 1.807) is 30.2 Å². The molecule has 2 aromatic heterocycles. The highest BCUT2D eigenvalue weighted by molar-refractivity contribution is 7.98. The molecule has 2 aromatic carbocycles. The van der Waals surface area contributed by atoms with Crippen LogP contribution in [-0.4, -0.2) is 19.7 Å². The summed E-state index contributed by atoms with van der Waals surface area (Å²) in [7, 11) is 0.